The molecule has 2 rings (SSSR count). The predicted octanol–water partition coefficient (Wildman–Crippen LogP) is 3.85. The second kappa shape index (κ2) is 7.66. The molecule has 1 fully saturated rings. The number of hydrogen-bond donors (Lipinski definition) is 0. The van der Waals surface area contributed by atoms with Gasteiger partial charge in [0, 0.05) is 18.8 Å². The molecular weight excluding hydrogens is 326 g/mol. The van der Waals surface area contributed by atoms with Crippen LogP contribution in [0.4, 0.5) is 4.79 Å². The minimum Gasteiger partial charge on any atom is -0.453 e. The molecule has 0 radical (unpaired) electrons. The Kier molecular flexibility index (Phi) is 5.83. The number of carbonyl (C=O) groups excluding carboxylic acids is 1. The normalized spacial score (nSPS) is 18.3. The first-order valence-corrected chi connectivity index (χ1v) is 8.21. The van der Waals surface area contributed by atoms with Gasteiger partial charge in [-0.1, -0.05) is 36.4 Å². The number of ether oxygens (including phenoxy) is 3. The second-order valence-corrected chi connectivity index (χ2v) is 6.83. The average molecular weight is 349 g/mol. The molecule has 1 aliphatic rings. The zero-order valence-electron chi connectivity index (χ0n) is 14.2. The maximum Gasteiger partial charge on any atom is 0.411 e. The molecule has 0 saturated carbocycles. The molecular formula is C18H23NO4S. The van der Waals surface area contributed by atoms with Gasteiger partial charge in [-0.25, -0.2) is 4.79 Å². The highest BCUT2D eigenvalue weighted by molar-refractivity contribution is 7.79. The largest absolute Gasteiger partial charge is 0.453 e. The SMILES string of the molecule is C=CCN(C(=O)OC(C)(C)C)[C@H](c1ccccc1)[C@@H]1COC(=S)O1. The summed E-state index contributed by atoms with van der Waals surface area (Å²) in [5, 5.41) is 0.101. The molecule has 0 N–H and O–H groups in total. The Morgan fingerprint density at radius 2 is 2.12 bits per heavy atom. The molecule has 0 aliphatic carbocycles. The van der Waals surface area contributed by atoms with Gasteiger partial charge >= 0.3 is 11.3 Å². The monoisotopic (exact) mass is 349 g/mol. The molecule has 0 bridgehead atoms. The van der Waals surface area contributed by atoms with Gasteiger partial charge in [0.2, 0.25) is 0 Å². The summed E-state index contributed by atoms with van der Waals surface area (Å²) in [5.41, 5.74) is 0.323. The highest BCUT2D eigenvalue weighted by Gasteiger charge is 2.39. The van der Waals surface area contributed by atoms with Crippen LogP contribution in [-0.4, -0.2) is 41.1 Å². The lowest BCUT2D eigenvalue weighted by molar-refractivity contribution is 0.00354. The molecule has 0 unspecified atom stereocenters. The maximum absolute atomic E-state index is 12.7. The van der Waals surface area contributed by atoms with Gasteiger partial charge in [0.05, 0.1) is 0 Å². The Hall–Kier alpha value is -2.08. The van der Waals surface area contributed by atoms with Crippen LogP contribution in [0.2, 0.25) is 0 Å². The van der Waals surface area contributed by atoms with Gasteiger partial charge in [-0.2, -0.15) is 0 Å². The fourth-order valence-electron chi connectivity index (χ4n) is 2.50. The molecule has 2 atom stereocenters. The van der Waals surface area contributed by atoms with Crippen LogP contribution in [-0.2, 0) is 14.2 Å². The molecule has 130 valence electrons. The lowest BCUT2D eigenvalue weighted by Gasteiger charge is -2.35. The van der Waals surface area contributed by atoms with Crippen molar-refractivity contribution in [1.29, 1.82) is 0 Å². The first-order chi connectivity index (χ1) is 11.3. The van der Waals surface area contributed by atoms with E-state index in [4.69, 9.17) is 26.4 Å². The van der Waals surface area contributed by atoms with Gasteiger partial charge < -0.3 is 14.2 Å². The van der Waals surface area contributed by atoms with Crippen molar-refractivity contribution in [3.05, 3.63) is 48.6 Å². The third-order valence-electron chi connectivity index (χ3n) is 3.40. The van der Waals surface area contributed by atoms with Crippen LogP contribution >= 0.6 is 12.2 Å². The standard InChI is InChI=1S/C18H23NO4S/c1-5-11-19(16(20)23-18(2,3)4)15(13-9-7-6-8-10-13)14-12-21-17(24)22-14/h5-10,14-15H,1,11-12H2,2-4H3/t14-,15+/m0/s1. The van der Waals surface area contributed by atoms with Gasteiger partial charge in [0.1, 0.15) is 18.2 Å². The molecule has 1 aliphatic heterocycles. The minimum atomic E-state index is -0.597. The van der Waals surface area contributed by atoms with Crippen molar-refractivity contribution >= 4 is 23.5 Å². The lowest BCUT2D eigenvalue weighted by atomic mass is 10.00. The Bertz CT molecular complexity index is 597. The summed E-state index contributed by atoms with van der Waals surface area (Å²) in [5.74, 6) is 0. The number of nitrogens with zero attached hydrogens (tertiary/aromatic N) is 1. The summed E-state index contributed by atoms with van der Waals surface area (Å²) in [7, 11) is 0. The Labute approximate surface area is 148 Å². The first kappa shape index (κ1) is 18.3. The third-order valence-corrected chi connectivity index (χ3v) is 3.61. The molecule has 1 aromatic carbocycles. The molecule has 0 aromatic heterocycles. The van der Waals surface area contributed by atoms with Crippen LogP contribution in [0.1, 0.15) is 32.4 Å². The summed E-state index contributed by atoms with van der Waals surface area (Å²) >= 11 is 4.97. The van der Waals surface area contributed by atoms with Crippen LogP contribution in [0.15, 0.2) is 43.0 Å². The van der Waals surface area contributed by atoms with Gasteiger partial charge in [-0.3, -0.25) is 4.90 Å². The molecule has 6 heteroatoms. The zero-order chi connectivity index (χ0) is 17.7. The molecule has 0 spiro atoms. The van der Waals surface area contributed by atoms with Crippen molar-refractivity contribution in [2.75, 3.05) is 13.2 Å². The number of rotatable bonds is 5. The van der Waals surface area contributed by atoms with Crippen LogP contribution in [0.25, 0.3) is 0 Å². The highest BCUT2D eigenvalue weighted by atomic mass is 32.1. The van der Waals surface area contributed by atoms with Crippen LogP contribution in [0, 0.1) is 0 Å². The minimum absolute atomic E-state index is 0.101. The fourth-order valence-corrected chi connectivity index (χ4v) is 2.70. The van der Waals surface area contributed by atoms with Crippen molar-refractivity contribution in [3.8, 4) is 0 Å². The highest BCUT2D eigenvalue weighted by Crippen LogP contribution is 2.31. The molecule has 1 amide bonds. The number of benzene rings is 1. The second-order valence-electron chi connectivity index (χ2n) is 6.49. The summed E-state index contributed by atoms with van der Waals surface area (Å²) in [6.07, 6.45) is 0.832. The van der Waals surface area contributed by atoms with E-state index in [1.807, 2.05) is 51.1 Å². The van der Waals surface area contributed by atoms with Crippen molar-refractivity contribution in [2.24, 2.45) is 0 Å². The van der Waals surface area contributed by atoms with E-state index >= 15 is 0 Å². The lowest BCUT2D eigenvalue weighted by Crippen LogP contribution is -2.44. The Morgan fingerprint density at radius 1 is 1.46 bits per heavy atom. The van der Waals surface area contributed by atoms with Crippen LogP contribution < -0.4 is 0 Å². The Balaban J connectivity index is 2.35. The summed E-state index contributed by atoms with van der Waals surface area (Å²) in [6, 6.07) is 9.24. The van der Waals surface area contributed by atoms with Gasteiger partial charge in [-0.15, -0.1) is 6.58 Å². The zero-order valence-corrected chi connectivity index (χ0v) is 15.0. The molecule has 24 heavy (non-hydrogen) atoms. The van der Waals surface area contributed by atoms with Crippen LogP contribution in [0.5, 0.6) is 0 Å². The summed E-state index contributed by atoms with van der Waals surface area (Å²) < 4.78 is 16.4. The van der Waals surface area contributed by atoms with E-state index in [9.17, 15) is 4.79 Å². The topological polar surface area (TPSA) is 48.0 Å². The van der Waals surface area contributed by atoms with E-state index < -0.39 is 17.8 Å². The number of thiocarbonyl (C=S) groups is 1. The molecule has 1 aromatic rings. The summed E-state index contributed by atoms with van der Waals surface area (Å²) in [4.78, 5) is 14.3. The van der Waals surface area contributed by atoms with E-state index in [2.05, 4.69) is 6.58 Å². The number of hydrogen-bond acceptors (Lipinski definition) is 5. The van der Waals surface area contributed by atoms with Crippen molar-refractivity contribution < 1.29 is 19.0 Å². The first-order valence-electron chi connectivity index (χ1n) is 7.80. The van der Waals surface area contributed by atoms with Crippen molar-refractivity contribution in [1.82, 2.24) is 4.90 Å². The summed E-state index contributed by atoms with van der Waals surface area (Å²) in [6.45, 7) is 9.85. The van der Waals surface area contributed by atoms with E-state index in [1.165, 1.54) is 0 Å². The maximum atomic E-state index is 12.7. The predicted molar refractivity (Wildman–Crippen MR) is 95.7 cm³/mol. The molecule has 1 heterocycles. The van der Waals surface area contributed by atoms with Gasteiger partial charge in [0.25, 0.3) is 0 Å². The van der Waals surface area contributed by atoms with Gasteiger partial charge in [0.15, 0.2) is 6.10 Å². The average Bonchev–Trinajstić information content (AvgIpc) is 2.92. The Morgan fingerprint density at radius 3 is 2.62 bits per heavy atom. The van der Waals surface area contributed by atoms with Crippen molar-refractivity contribution in [2.45, 2.75) is 38.5 Å². The van der Waals surface area contributed by atoms with Crippen molar-refractivity contribution in [3.63, 3.8) is 0 Å². The fraction of sp³-hybridized carbons (Fsp3) is 0.444. The number of carbonyl (C=O) groups is 1. The van der Waals surface area contributed by atoms with Crippen LogP contribution in [0.3, 0.4) is 0 Å². The smallest absolute Gasteiger partial charge is 0.411 e. The van der Waals surface area contributed by atoms with E-state index in [0.29, 0.717) is 6.54 Å². The molecule has 1 saturated heterocycles. The molecule has 5 nitrogen and oxygen atoms in total. The van der Waals surface area contributed by atoms with E-state index in [-0.39, 0.29) is 17.9 Å². The van der Waals surface area contributed by atoms with E-state index in [0.717, 1.165) is 5.56 Å². The van der Waals surface area contributed by atoms with Gasteiger partial charge in [-0.05, 0) is 26.3 Å². The number of amides is 1. The van der Waals surface area contributed by atoms with E-state index in [1.54, 1.807) is 11.0 Å². The third kappa shape index (κ3) is 4.71. The quantitative estimate of drug-likeness (QED) is 0.597.